The standard InChI is InChI=1S/C16H16FNO2/c1-10-7-11(2)9-14(8-10)18-16(20)15(19)12-3-5-13(17)6-4-12/h3-9,15,19H,1-2H3,(H,18,20). The van der Waals surface area contributed by atoms with Gasteiger partial charge in [0.25, 0.3) is 5.91 Å². The third-order valence-electron chi connectivity index (χ3n) is 2.92. The SMILES string of the molecule is Cc1cc(C)cc(NC(=O)C(O)c2ccc(F)cc2)c1. The van der Waals surface area contributed by atoms with Crippen LogP contribution in [0.4, 0.5) is 10.1 Å². The molecule has 0 aliphatic rings. The lowest BCUT2D eigenvalue weighted by molar-refractivity contribution is -0.124. The molecule has 0 saturated heterocycles. The van der Waals surface area contributed by atoms with E-state index in [0.29, 0.717) is 11.3 Å². The minimum Gasteiger partial charge on any atom is -0.378 e. The summed E-state index contributed by atoms with van der Waals surface area (Å²) >= 11 is 0. The lowest BCUT2D eigenvalue weighted by Gasteiger charge is -2.12. The fraction of sp³-hybridized carbons (Fsp3) is 0.188. The van der Waals surface area contributed by atoms with Crippen LogP contribution in [0.3, 0.4) is 0 Å². The van der Waals surface area contributed by atoms with Gasteiger partial charge in [-0.3, -0.25) is 4.79 Å². The van der Waals surface area contributed by atoms with E-state index in [1.165, 1.54) is 24.3 Å². The molecule has 0 saturated carbocycles. The van der Waals surface area contributed by atoms with Gasteiger partial charge in [0.2, 0.25) is 0 Å². The molecule has 0 aromatic heterocycles. The summed E-state index contributed by atoms with van der Waals surface area (Å²) < 4.78 is 12.8. The summed E-state index contributed by atoms with van der Waals surface area (Å²) in [6.07, 6.45) is -1.32. The topological polar surface area (TPSA) is 49.3 Å². The van der Waals surface area contributed by atoms with Crippen molar-refractivity contribution in [3.63, 3.8) is 0 Å². The second-order valence-corrected chi connectivity index (χ2v) is 4.82. The zero-order chi connectivity index (χ0) is 14.7. The van der Waals surface area contributed by atoms with Gasteiger partial charge in [-0.25, -0.2) is 4.39 Å². The number of aliphatic hydroxyl groups excluding tert-OH is 1. The van der Waals surface area contributed by atoms with Gasteiger partial charge in [0.1, 0.15) is 5.82 Å². The molecule has 1 atom stereocenters. The van der Waals surface area contributed by atoms with Gasteiger partial charge >= 0.3 is 0 Å². The van der Waals surface area contributed by atoms with Gasteiger partial charge in [-0.2, -0.15) is 0 Å². The molecule has 0 radical (unpaired) electrons. The molecule has 2 N–H and O–H groups in total. The Morgan fingerprint density at radius 2 is 1.65 bits per heavy atom. The number of hydrogen-bond donors (Lipinski definition) is 2. The third-order valence-corrected chi connectivity index (χ3v) is 2.92. The van der Waals surface area contributed by atoms with E-state index in [0.717, 1.165) is 11.1 Å². The van der Waals surface area contributed by atoms with Crippen LogP contribution in [0.25, 0.3) is 0 Å². The van der Waals surface area contributed by atoms with Crippen molar-refractivity contribution in [1.29, 1.82) is 0 Å². The first-order valence-electron chi connectivity index (χ1n) is 6.28. The number of carbonyl (C=O) groups excluding carboxylic acids is 1. The monoisotopic (exact) mass is 273 g/mol. The number of amides is 1. The van der Waals surface area contributed by atoms with Crippen molar-refractivity contribution in [3.05, 3.63) is 65.0 Å². The second-order valence-electron chi connectivity index (χ2n) is 4.82. The van der Waals surface area contributed by atoms with Gasteiger partial charge in [-0.1, -0.05) is 18.2 Å². The molecule has 0 aliphatic heterocycles. The quantitative estimate of drug-likeness (QED) is 0.902. The summed E-state index contributed by atoms with van der Waals surface area (Å²) in [7, 11) is 0. The normalized spacial score (nSPS) is 12.0. The predicted molar refractivity (Wildman–Crippen MR) is 75.9 cm³/mol. The highest BCUT2D eigenvalue weighted by Crippen LogP contribution is 2.18. The van der Waals surface area contributed by atoms with Gasteiger partial charge in [-0.05, 0) is 54.8 Å². The predicted octanol–water partition coefficient (Wildman–Crippen LogP) is 3.11. The molecule has 0 heterocycles. The van der Waals surface area contributed by atoms with Crippen LogP contribution in [0, 0.1) is 19.7 Å². The molecular formula is C16H16FNO2. The summed E-state index contributed by atoms with van der Waals surface area (Å²) in [5, 5.41) is 12.6. The lowest BCUT2D eigenvalue weighted by atomic mass is 10.1. The molecule has 3 nitrogen and oxygen atoms in total. The molecule has 0 aliphatic carbocycles. The summed E-state index contributed by atoms with van der Waals surface area (Å²) in [6, 6.07) is 10.8. The highest BCUT2D eigenvalue weighted by atomic mass is 19.1. The van der Waals surface area contributed by atoms with E-state index in [1.54, 1.807) is 0 Å². The van der Waals surface area contributed by atoms with E-state index in [1.807, 2.05) is 32.0 Å². The van der Waals surface area contributed by atoms with E-state index in [4.69, 9.17) is 0 Å². The summed E-state index contributed by atoms with van der Waals surface area (Å²) in [4.78, 5) is 12.0. The number of nitrogens with one attached hydrogen (secondary N) is 1. The smallest absolute Gasteiger partial charge is 0.257 e. The largest absolute Gasteiger partial charge is 0.378 e. The van der Waals surface area contributed by atoms with Gasteiger partial charge in [-0.15, -0.1) is 0 Å². The van der Waals surface area contributed by atoms with Crippen LogP contribution in [-0.4, -0.2) is 11.0 Å². The summed E-state index contributed by atoms with van der Waals surface area (Å²) in [5.41, 5.74) is 3.04. The molecule has 0 spiro atoms. The van der Waals surface area contributed by atoms with E-state index < -0.39 is 17.8 Å². The molecule has 2 aromatic carbocycles. The fourth-order valence-corrected chi connectivity index (χ4v) is 2.05. The van der Waals surface area contributed by atoms with Gasteiger partial charge in [0, 0.05) is 5.69 Å². The van der Waals surface area contributed by atoms with Crippen LogP contribution < -0.4 is 5.32 Å². The van der Waals surface area contributed by atoms with E-state index in [2.05, 4.69) is 5.32 Å². The molecule has 0 bridgehead atoms. The van der Waals surface area contributed by atoms with Crippen LogP contribution in [-0.2, 0) is 4.79 Å². The minimum atomic E-state index is -1.32. The van der Waals surface area contributed by atoms with Gasteiger partial charge < -0.3 is 10.4 Å². The van der Waals surface area contributed by atoms with Crippen LogP contribution in [0.2, 0.25) is 0 Å². The molecule has 1 unspecified atom stereocenters. The van der Waals surface area contributed by atoms with Crippen LogP contribution >= 0.6 is 0 Å². The van der Waals surface area contributed by atoms with Crippen molar-refractivity contribution in [2.24, 2.45) is 0 Å². The Labute approximate surface area is 117 Å². The molecule has 104 valence electrons. The highest BCUT2D eigenvalue weighted by Gasteiger charge is 2.17. The molecule has 2 aromatic rings. The van der Waals surface area contributed by atoms with E-state index >= 15 is 0 Å². The van der Waals surface area contributed by atoms with Crippen molar-refractivity contribution < 1.29 is 14.3 Å². The number of carbonyl (C=O) groups is 1. The van der Waals surface area contributed by atoms with Gasteiger partial charge in [0.05, 0.1) is 0 Å². The molecule has 4 heteroatoms. The summed E-state index contributed by atoms with van der Waals surface area (Å²) in [6.45, 7) is 3.86. The Hall–Kier alpha value is -2.20. The maximum atomic E-state index is 12.8. The first kappa shape index (κ1) is 14.2. The first-order chi connectivity index (χ1) is 9.45. The molecule has 1 amide bonds. The van der Waals surface area contributed by atoms with Crippen LogP contribution in [0.15, 0.2) is 42.5 Å². The molecule has 0 fully saturated rings. The number of anilines is 1. The maximum absolute atomic E-state index is 12.8. The van der Waals surface area contributed by atoms with Crippen molar-refractivity contribution in [2.45, 2.75) is 20.0 Å². The molecule has 2 rings (SSSR count). The average molecular weight is 273 g/mol. The van der Waals surface area contributed by atoms with Crippen molar-refractivity contribution in [1.82, 2.24) is 0 Å². The van der Waals surface area contributed by atoms with E-state index in [9.17, 15) is 14.3 Å². The Kier molecular flexibility index (Phi) is 4.15. The zero-order valence-corrected chi connectivity index (χ0v) is 11.4. The van der Waals surface area contributed by atoms with Crippen molar-refractivity contribution >= 4 is 11.6 Å². The third kappa shape index (κ3) is 3.42. The fourth-order valence-electron chi connectivity index (χ4n) is 2.05. The Bertz CT molecular complexity index is 603. The van der Waals surface area contributed by atoms with Crippen molar-refractivity contribution in [2.75, 3.05) is 5.32 Å². The average Bonchev–Trinajstić information content (AvgIpc) is 2.37. The lowest BCUT2D eigenvalue weighted by Crippen LogP contribution is -2.20. The van der Waals surface area contributed by atoms with Gasteiger partial charge in [0.15, 0.2) is 6.10 Å². The van der Waals surface area contributed by atoms with Crippen molar-refractivity contribution in [3.8, 4) is 0 Å². The number of benzene rings is 2. The molecular weight excluding hydrogens is 257 g/mol. The Morgan fingerprint density at radius 3 is 2.20 bits per heavy atom. The van der Waals surface area contributed by atoms with Crippen LogP contribution in [0.1, 0.15) is 22.8 Å². The number of hydrogen-bond acceptors (Lipinski definition) is 2. The highest BCUT2D eigenvalue weighted by molar-refractivity contribution is 5.94. The summed E-state index contributed by atoms with van der Waals surface area (Å²) in [5.74, 6) is -0.947. The Morgan fingerprint density at radius 1 is 1.10 bits per heavy atom. The number of aliphatic hydroxyl groups is 1. The zero-order valence-electron chi connectivity index (χ0n) is 11.4. The number of rotatable bonds is 3. The maximum Gasteiger partial charge on any atom is 0.257 e. The minimum absolute atomic E-state index is 0.355. The Balaban J connectivity index is 2.13. The van der Waals surface area contributed by atoms with Crippen LogP contribution in [0.5, 0.6) is 0 Å². The number of aryl methyl sites for hydroxylation is 2. The molecule has 20 heavy (non-hydrogen) atoms. The van der Waals surface area contributed by atoms with E-state index in [-0.39, 0.29) is 0 Å². The first-order valence-corrected chi connectivity index (χ1v) is 6.28. The second kappa shape index (κ2) is 5.84. The number of halogens is 1.